The van der Waals surface area contributed by atoms with E-state index in [0.29, 0.717) is 23.9 Å². The number of ether oxygens (including phenoxy) is 2. The number of carbonyl (C=O) groups excluding carboxylic acids is 2. The van der Waals surface area contributed by atoms with Crippen molar-refractivity contribution in [2.24, 2.45) is 0 Å². The second kappa shape index (κ2) is 43.5. The molecule has 0 aliphatic rings. The number of phosphoric acid groups is 1. The maximum atomic E-state index is 12.7. The van der Waals surface area contributed by atoms with Gasteiger partial charge in [0.15, 0.2) is 6.10 Å². The van der Waals surface area contributed by atoms with Crippen LogP contribution in [0.4, 0.5) is 0 Å². The molecule has 0 aromatic heterocycles. The molecule has 0 fully saturated rings. The summed E-state index contributed by atoms with van der Waals surface area (Å²) in [6, 6.07) is 0. The first-order valence-electron chi connectivity index (χ1n) is 25.2. The smallest absolute Gasteiger partial charge is 0.306 e. The van der Waals surface area contributed by atoms with Crippen molar-refractivity contribution in [1.82, 2.24) is 0 Å². The Labute approximate surface area is 376 Å². The van der Waals surface area contributed by atoms with E-state index in [9.17, 15) is 19.0 Å². The van der Waals surface area contributed by atoms with E-state index in [0.717, 1.165) is 57.8 Å². The Balaban J connectivity index is 4.30. The Bertz CT molecular complexity index is 1130. The molecule has 0 spiro atoms. The predicted octanol–water partition coefficient (Wildman–Crippen LogP) is 14.2. The molecule has 10 heteroatoms. The van der Waals surface area contributed by atoms with Gasteiger partial charge in [0.1, 0.15) is 19.8 Å². The first kappa shape index (κ1) is 59.2. The number of phosphoric ester groups is 1. The number of likely N-dealkylation sites (N-methyl/N-ethyl adjacent to an activating group) is 1. The summed E-state index contributed by atoms with van der Waals surface area (Å²) in [5.41, 5.74) is 0. The maximum absolute atomic E-state index is 12.7. The molecule has 0 aromatic carbocycles. The van der Waals surface area contributed by atoms with Crippen LogP contribution in [0.2, 0.25) is 0 Å². The normalized spacial score (nSPS) is 13.7. The molecule has 1 unspecified atom stereocenters. The Kier molecular flexibility index (Phi) is 42.2. The average Bonchev–Trinajstić information content (AvgIpc) is 3.21. The SMILES string of the molecule is CCCCCCC/C=C/CCCCCCCC(=O)OC[C@H](COP(=O)([O-])OCC[N+](C)(C)C)OC(=O)CCC/C=C/CC/C=C/CCCCCCCCCCCCCCCC. The predicted molar refractivity (Wildman–Crippen MR) is 254 cm³/mol. The molecule has 0 saturated carbocycles. The van der Waals surface area contributed by atoms with Crippen LogP contribution in [-0.4, -0.2) is 70.0 Å². The zero-order valence-electron chi connectivity index (χ0n) is 40.4. The van der Waals surface area contributed by atoms with Gasteiger partial charge in [-0.15, -0.1) is 0 Å². The fourth-order valence-electron chi connectivity index (χ4n) is 6.91. The van der Waals surface area contributed by atoms with Crippen LogP contribution in [0, 0.1) is 0 Å². The van der Waals surface area contributed by atoms with Gasteiger partial charge < -0.3 is 27.9 Å². The third kappa shape index (κ3) is 47.5. The highest BCUT2D eigenvalue weighted by Gasteiger charge is 2.21. The molecular formula is C51H96NO8P. The largest absolute Gasteiger partial charge is 0.756 e. The summed E-state index contributed by atoms with van der Waals surface area (Å²) in [4.78, 5) is 37.6. The van der Waals surface area contributed by atoms with Gasteiger partial charge in [-0.25, -0.2) is 0 Å². The molecule has 9 nitrogen and oxygen atoms in total. The molecule has 0 aromatic rings. The van der Waals surface area contributed by atoms with E-state index in [1.165, 1.54) is 128 Å². The Hall–Kier alpha value is -1.77. The van der Waals surface area contributed by atoms with E-state index in [1.807, 2.05) is 21.1 Å². The number of hydrogen-bond acceptors (Lipinski definition) is 8. The van der Waals surface area contributed by atoms with Crippen LogP contribution >= 0.6 is 7.82 Å². The van der Waals surface area contributed by atoms with Gasteiger partial charge in [0, 0.05) is 12.8 Å². The van der Waals surface area contributed by atoms with Crippen molar-refractivity contribution < 1.29 is 42.1 Å². The summed E-state index contributed by atoms with van der Waals surface area (Å²) in [6.07, 6.45) is 50.5. The van der Waals surface area contributed by atoms with Gasteiger partial charge in [0.2, 0.25) is 0 Å². The van der Waals surface area contributed by atoms with Gasteiger partial charge in [0.25, 0.3) is 7.82 Å². The monoisotopic (exact) mass is 882 g/mol. The van der Waals surface area contributed by atoms with E-state index >= 15 is 0 Å². The molecule has 0 amide bonds. The summed E-state index contributed by atoms with van der Waals surface area (Å²) < 4.78 is 33.9. The number of carbonyl (C=O) groups is 2. The van der Waals surface area contributed by atoms with Crippen molar-refractivity contribution in [2.75, 3.05) is 47.5 Å². The molecule has 0 bridgehead atoms. The topological polar surface area (TPSA) is 111 Å². The lowest BCUT2D eigenvalue weighted by atomic mass is 10.0. The lowest BCUT2D eigenvalue weighted by molar-refractivity contribution is -0.870. The minimum Gasteiger partial charge on any atom is -0.756 e. The van der Waals surface area contributed by atoms with E-state index in [1.54, 1.807) is 0 Å². The quantitative estimate of drug-likeness (QED) is 0.0195. The molecule has 0 N–H and O–H groups in total. The second-order valence-electron chi connectivity index (χ2n) is 18.2. The molecular weight excluding hydrogens is 786 g/mol. The molecule has 0 rings (SSSR count). The zero-order chi connectivity index (χ0) is 45.0. The van der Waals surface area contributed by atoms with Crippen molar-refractivity contribution >= 4 is 19.8 Å². The van der Waals surface area contributed by atoms with Crippen molar-refractivity contribution in [2.45, 2.75) is 232 Å². The Morgan fingerprint density at radius 1 is 0.492 bits per heavy atom. The molecule has 61 heavy (non-hydrogen) atoms. The lowest BCUT2D eigenvalue weighted by Crippen LogP contribution is -2.37. The summed E-state index contributed by atoms with van der Waals surface area (Å²) in [6.45, 7) is 4.19. The standard InChI is InChI=1S/C51H96NO8P/c1-6-8-10-12-14-16-18-20-22-23-24-25-26-27-28-29-30-32-34-36-38-40-42-44-51(54)60-49(48-59-61(55,56)58-46-45-52(3,4)5)47-57-50(53)43-41-39-37-35-33-31-21-19-17-15-13-11-9-7-2/h19,21,29-30,36,38,49H,6-18,20,22-28,31-35,37,39-48H2,1-5H3/b21-19+,30-29+,38-36+/t49-/m1/s1. The number of nitrogens with zero attached hydrogens (tertiary/aromatic N) is 1. The highest BCUT2D eigenvalue weighted by molar-refractivity contribution is 7.45. The van der Waals surface area contributed by atoms with Crippen molar-refractivity contribution in [3.05, 3.63) is 36.5 Å². The third-order valence-corrected chi connectivity index (χ3v) is 11.8. The van der Waals surface area contributed by atoms with E-state index in [4.69, 9.17) is 18.5 Å². The average molecular weight is 882 g/mol. The van der Waals surface area contributed by atoms with Gasteiger partial charge in [-0.05, 0) is 70.6 Å². The summed E-state index contributed by atoms with van der Waals surface area (Å²) in [7, 11) is 1.14. The summed E-state index contributed by atoms with van der Waals surface area (Å²) >= 11 is 0. The van der Waals surface area contributed by atoms with Crippen molar-refractivity contribution in [3.8, 4) is 0 Å². The zero-order valence-corrected chi connectivity index (χ0v) is 41.3. The maximum Gasteiger partial charge on any atom is 0.306 e. The van der Waals surface area contributed by atoms with E-state index < -0.39 is 32.5 Å². The van der Waals surface area contributed by atoms with Crippen molar-refractivity contribution in [1.29, 1.82) is 0 Å². The number of hydrogen-bond donors (Lipinski definition) is 0. The molecule has 0 aliphatic heterocycles. The number of esters is 2. The first-order chi connectivity index (χ1) is 29.5. The Morgan fingerprint density at radius 3 is 1.31 bits per heavy atom. The van der Waals surface area contributed by atoms with E-state index in [-0.39, 0.29) is 26.1 Å². The van der Waals surface area contributed by atoms with Crippen LogP contribution < -0.4 is 4.89 Å². The van der Waals surface area contributed by atoms with Gasteiger partial charge in [-0.1, -0.05) is 179 Å². The number of allylic oxidation sites excluding steroid dienone is 6. The number of unbranched alkanes of at least 4 members (excludes halogenated alkanes) is 26. The molecule has 0 radical (unpaired) electrons. The summed E-state index contributed by atoms with van der Waals surface area (Å²) in [5, 5.41) is 0. The van der Waals surface area contributed by atoms with Gasteiger partial charge in [-0.2, -0.15) is 0 Å². The van der Waals surface area contributed by atoms with E-state index in [2.05, 4.69) is 50.3 Å². The number of quaternary nitrogens is 1. The molecule has 0 aliphatic carbocycles. The van der Waals surface area contributed by atoms with Gasteiger partial charge in [-0.3, -0.25) is 14.2 Å². The fraction of sp³-hybridized carbons (Fsp3) is 0.843. The van der Waals surface area contributed by atoms with Crippen LogP contribution in [0.15, 0.2) is 36.5 Å². The van der Waals surface area contributed by atoms with Gasteiger partial charge in [0.05, 0.1) is 27.7 Å². The number of rotatable bonds is 46. The molecule has 358 valence electrons. The molecule has 0 heterocycles. The first-order valence-corrected chi connectivity index (χ1v) is 26.7. The Morgan fingerprint density at radius 2 is 0.869 bits per heavy atom. The fourth-order valence-corrected chi connectivity index (χ4v) is 7.63. The lowest BCUT2D eigenvalue weighted by Gasteiger charge is -2.28. The van der Waals surface area contributed by atoms with Crippen LogP contribution in [-0.2, 0) is 32.7 Å². The van der Waals surface area contributed by atoms with Crippen LogP contribution in [0.5, 0.6) is 0 Å². The molecule has 2 atom stereocenters. The minimum absolute atomic E-state index is 0.0387. The van der Waals surface area contributed by atoms with Crippen LogP contribution in [0.3, 0.4) is 0 Å². The van der Waals surface area contributed by atoms with Crippen LogP contribution in [0.1, 0.15) is 226 Å². The van der Waals surface area contributed by atoms with Crippen molar-refractivity contribution in [3.63, 3.8) is 0 Å². The second-order valence-corrected chi connectivity index (χ2v) is 19.6. The van der Waals surface area contributed by atoms with Gasteiger partial charge >= 0.3 is 11.9 Å². The van der Waals surface area contributed by atoms with Crippen LogP contribution in [0.25, 0.3) is 0 Å². The highest BCUT2D eigenvalue weighted by atomic mass is 31.2. The third-order valence-electron chi connectivity index (χ3n) is 10.9. The highest BCUT2D eigenvalue weighted by Crippen LogP contribution is 2.38. The summed E-state index contributed by atoms with van der Waals surface area (Å²) in [5.74, 6) is -0.889. The minimum atomic E-state index is -4.64. The molecule has 0 saturated heterocycles.